The third-order valence-corrected chi connectivity index (χ3v) is 4.62. The zero-order valence-corrected chi connectivity index (χ0v) is 12.9. The van der Waals surface area contributed by atoms with E-state index in [4.69, 9.17) is 5.73 Å². The molecule has 1 aromatic heterocycles. The molecular formula is C15H19N3O2S. The lowest BCUT2D eigenvalue weighted by Crippen LogP contribution is -2.17. The summed E-state index contributed by atoms with van der Waals surface area (Å²) < 4.78 is 27.3. The predicted octanol–water partition coefficient (Wildman–Crippen LogP) is 2.46. The first kappa shape index (κ1) is 15.5. The van der Waals surface area contributed by atoms with Crippen LogP contribution in [0, 0.1) is 0 Å². The third-order valence-electron chi connectivity index (χ3n) is 3.16. The summed E-state index contributed by atoms with van der Waals surface area (Å²) in [5.74, 6) is 0.401. The van der Waals surface area contributed by atoms with Crippen molar-refractivity contribution in [3.8, 4) is 0 Å². The molecule has 21 heavy (non-hydrogen) atoms. The molecule has 0 saturated heterocycles. The molecule has 1 heterocycles. The fourth-order valence-corrected chi connectivity index (χ4v) is 3.23. The third kappa shape index (κ3) is 3.59. The lowest BCUT2D eigenvalue weighted by Gasteiger charge is -2.11. The first-order chi connectivity index (χ1) is 9.94. The molecule has 0 atom stereocenters. The maximum atomic E-state index is 12.4. The highest BCUT2D eigenvalue weighted by Gasteiger charge is 2.18. The molecule has 0 aliphatic carbocycles. The van der Waals surface area contributed by atoms with Crippen molar-refractivity contribution in [1.29, 1.82) is 0 Å². The van der Waals surface area contributed by atoms with Crippen LogP contribution in [-0.4, -0.2) is 13.4 Å². The number of anilines is 1. The molecule has 0 bridgehead atoms. The summed E-state index contributed by atoms with van der Waals surface area (Å²) in [6.45, 7) is 4.24. The standard InChI is InChI=1S/C15H19N3O2S/c1-11(2)12-5-7-13(8-6-12)18-21(19,20)15-4-3-9-17-14(15)10-16/h3-9,11,18H,10,16H2,1-2H3. The van der Waals surface area contributed by atoms with Crippen LogP contribution in [-0.2, 0) is 16.6 Å². The van der Waals surface area contributed by atoms with Crippen molar-refractivity contribution in [3.05, 3.63) is 53.9 Å². The van der Waals surface area contributed by atoms with Gasteiger partial charge in [0.1, 0.15) is 4.90 Å². The second-order valence-electron chi connectivity index (χ2n) is 5.03. The second-order valence-corrected chi connectivity index (χ2v) is 6.69. The van der Waals surface area contributed by atoms with Crippen LogP contribution in [0.2, 0.25) is 0 Å². The first-order valence-corrected chi connectivity index (χ1v) is 8.19. The van der Waals surface area contributed by atoms with Crippen LogP contribution in [0.4, 0.5) is 5.69 Å². The number of pyridine rings is 1. The molecule has 112 valence electrons. The Morgan fingerprint density at radius 1 is 1.19 bits per heavy atom. The van der Waals surface area contributed by atoms with Gasteiger partial charge in [-0.2, -0.15) is 0 Å². The van der Waals surface area contributed by atoms with E-state index in [0.717, 1.165) is 5.56 Å². The first-order valence-electron chi connectivity index (χ1n) is 6.71. The van der Waals surface area contributed by atoms with Crippen molar-refractivity contribution in [2.75, 3.05) is 4.72 Å². The van der Waals surface area contributed by atoms with Gasteiger partial charge in [-0.15, -0.1) is 0 Å². The number of nitrogens with zero attached hydrogens (tertiary/aromatic N) is 1. The molecule has 0 fully saturated rings. The van der Waals surface area contributed by atoms with Crippen LogP contribution < -0.4 is 10.5 Å². The smallest absolute Gasteiger partial charge is 0.263 e. The molecular weight excluding hydrogens is 286 g/mol. The summed E-state index contributed by atoms with van der Waals surface area (Å²) >= 11 is 0. The Hall–Kier alpha value is -1.92. The number of nitrogens with two attached hydrogens (primary N) is 1. The lowest BCUT2D eigenvalue weighted by molar-refractivity contribution is 0.599. The Bertz CT molecular complexity index is 710. The second kappa shape index (κ2) is 6.24. The van der Waals surface area contributed by atoms with E-state index in [1.54, 1.807) is 18.2 Å². The number of nitrogens with one attached hydrogen (secondary N) is 1. The van der Waals surface area contributed by atoms with Gasteiger partial charge >= 0.3 is 0 Å². The number of rotatable bonds is 5. The predicted molar refractivity (Wildman–Crippen MR) is 83.5 cm³/mol. The average Bonchev–Trinajstić information content (AvgIpc) is 2.47. The van der Waals surface area contributed by atoms with Crippen molar-refractivity contribution in [2.45, 2.75) is 31.2 Å². The maximum absolute atomic E-state index is 12.4. The minimum absolute atomic E-state index is 0.0728. The molecule has 0 aliphatic heterocycles. The van der Waals surface area contributed by atoms with E-state index in [9.17, 15) is 8.42 Å². The van der Waals surface area contributed by atoms with E-state index >= 15 is 0 Å². The lowest BCUT2D eigenvalue weighted by atomic mass is 10.0. The highest BCUT2D eigenvalue weighted by atomic mass is 32.2. The Balaban J connectivity index is 2.29. The largest absolute Gasteiger partial charge is 0.325 e. The summed E-state index contributed by atoms with van der Waals surface area (Å²) in [6.07, 6.45) is 1.53. The van der Waals surface area contributed by atoms with Crippen LogP contribution >= 0.6 is 0 Å². The van der Waals surface area contributed by atoms with Gasteiger partial charge in [-0.25, -0.2) is 8.42 Å². The molecule has 6 heteroatoms. The topological polar surface area (TPSA) is 85.1 Å². The van der Waals surface area contributed by atoms with Gasteiger partial charge in [0.15, 0.2) is 0 Å². The molecule has 0 aliphatic rings. The van der Waals surface area contributed by atoms with E-state index in [1.807, 2.05) is 12.1 Å². The summed E-state index contributed by atoms with van der Waals surface area (Å²) in [6, 6.07) is 10.4. The molecule has 0 radical (unpaired) electrons. The summed E-state index contributed by atoms with van der Waals surface area (Å²) in [7, 11) is -3.68. The van der Waals surface area contributed by atoms with Crippen molar-refractivity contribution in [2.24, 2.45) is 5.73 Å². The Kier molecular flexibility index (Phi) is 4.59. The molecule has 0 amide bonds. The maximum Gasteiger partial charge on any atom is 0.263 e. The van der Waals surface area contributed by atoms with Gasteiger partial charge in [0.2, 0.25) is 0 Å². The van der Waals surface area contributed by atoms with Gasteiger partial charge < -0.3 is 5.73 Å². The van der Waals surface area contributed by atoms with Crippen molar-refractivity contribution >= 4 is 15.7 Å². The molecule has 0 spiro atoms. The van der Waals surface area contributed by atoms with Crippen LogP contribution in [0.25, 0.3) is 0 Å². The zero-order chi connectivity index (χ0) is 15.5. The Labute approximate surface area is 125 Å². The van der Waals surface area contributed by atoms with Crippen LogP contribution in [0.1, 0.15) is 31.0 Å². The SMILES string of the molecule is CC(C)c1ccc(NS(=O)(=O)c2cccnc2CN)cc1. The van der Waals surface area contributed by atoms with E-state index < -0.39 is 10.0 Å². The fourth-order valence-electron chi connectivity index (χ4n) is 1.97. The normalized spacial score (nSPS) is 11.6. The molecule has 0 saturated carbocycles. The number of sulfonamides is 1. The van der Waals surface area contributed by atoms with Gasteiger partial charge in [0.25, 0.3) is 10.0 Å². The molecule has 0 unspecified atom stereocenters. The van der Waals surface area contributed by atoms with Gasteiger partial charge in [0.05, 0.1) is 5.69 Å². The van der Waals surface area contributed by atoms with E-state index in [1.165, 1.54) is 12.3 Å². The summed E-state index contributed by atoms with van der Waals surface area (Å²) in [5.41, 5.74) is 7.56. The van der Waals surface area contributed by atoms with Crippen LogP contribution in [0.3, 0.4) is 0 Å². The van der Waals surface area contributed by atoms with Gasteiger partial charge in [0, 0.05) is 18.4 Å². The molecule has 5 nitrogen and oxygen atoms in total. The molecule has 2 aromatic rings. The van der Waals surface area contributed by atoms with Gasteiger partial charge in [-0.05, 0) is 35.7 Å². The number of hydrogen-bond acceptors (Lipinski definition) is 4. The minimum Gasteiger partial charge on any atom is -0.325 e. The molecule has 1 aromatic carbocycles. The molecule has 3 N–H and O–H groups in total. The van der Waals surface area contributed by atoms with E-state index in [0.29, 0.717) is 17.3 Å². The van der Waals surface area contributed by atoms with Crippen molar-refractivity contribution < 1.29 is 8.42 Å². The summed E-state index contributed by atoms with van der Waals surface area (Å²) in [5, 5.41) is 0. The number of aromatic nitrogens is 1. The average molecular weight is 305 g/mol. The van der Waals surface area contributed by atoms with Crippen LogP contribution in [0.5, 0.6) is 0 Å². The van der Waals surface area contributed by atoms with E-state index in [2.05, 4.69) is 23.6 Å². The van der Waals surface area contributed by atoms with Gasteiger partial charge in [-0.3, -0.25) is 9.71 Å². The van der Waals surface area contributed by atoms with Gasteiger partial charge in [-0.1, -0.05) is 26.0 Å². The number of benzene rings is 1. The minimum atomic E-state index is -3.68. The Morgan fingerprint density at radius 3 is 2.43 bits per heavy atom. The zero-order valence-electron chi connectivity index (χ0n) is 12.1. The number of hydrogen-bond donors (Lipinski definition) is 2. The quantitative estimate of drug-likeness (QED) is 0.888. The van der Waals surface area contributed by atoms with Crippen LogP contribution in [0.15, 0.2) is 47.5 Å². The van der Waals surface area contributed by atoms with Crippen molar-refractivity contribution in [1.82, 2.24) is 4.98 Å². The van der Waals surface area contributed by atoms with Crippen molar-refractivity contribution in [3.63, 3.8) is 0 Å². The highest BCUT2D eigenvalue weighted by molar-refractivity contribution is 7.92. The Morgan fingerprint density at radius 2 is 1.86 bits per heavy atom. The molecule has 2 rings (SSSR count). The van der Waals surface area contributed by atoms with E-state index in [-0.39, 0.29) is 11.4 Å². The summed E-state index contributed by atoms with van der Waals surface area (Å²) in [4.78, 5) is 4.11. The monoisotopic (exact) mass is 305 g/mol. The fraction of sp³-hybridized carbons (Fsp3) is 0.267. The highest BCUT2D eigenvalue weighted by Crippen LogP contribution is 2.21.